The Hall–Kier alpha value is -1.57. The molecule has 92 valence electrons. The maximum atomic E-state index is 12.9. The van der Waals surface area contributed by atoms with Crippen molar-refractivity contribution in [3.8, 4) is 0 Å². The minimum Gasteiger partial charge on any atom is -0.346 e. The molecular formula is C12H9FIN3O. The molecule has 0 aliphatic carbocycles. The van der Waals surface area contributed by atoms with Gasteiger partial charge in [-0.05, 0) is 52.9 Å². The van der Waals surface area contributed by atoms with E-state index in [1.807, 2.05) is 22.6 Å². The van der Waals surface area contributed by atoms with E-state index in [0.717, 1.165) is 0 Å². The maximum absolute atomic E-state index is 12.9. The number of carbonyl (C=O) groups excluding carboxylic acids is 1. The summed E-state index contributed by atoms with van der Waals surface area (Å²) >= 11 is 1.93. The van der Waals surface area contributed by atoms with Crippen molar-refractivity contribution in [2.45, 2.75) is 6.54 Å². The quantitative estimate of drug-likeness (QED) is 0.857. The van der Waals surface area contributed by atoms with Crippen molar-refractivity contribution in [3.05, 3.63) is 57.2 Å². The van der Waals surface area contributed by atoms with E-state index in [0.29, 0.717) is 21.4 Å². The third-order valence-electron chi connectivity index (χ3n) is 2.23. The number of nitrogens with one attached hydrogen (secondary N) is 1. The number of aromatic nitrogens is 2. The molecule has 4 nitrogen and oxygen atoms in total. The Morgan fingerprint density at radius 2 is 2.22 bits per heavy atom. The highest BCUT2D eigenvalue weighted by molar-refractivity contribution is 14.1. The van der Waals surface area contributed by atoms with Crippen molar-refractivity contribution in [2.75, 3.05) is 0 Å². The van der Waals surface area contributed by atoms with Crippen LogP contribution in [0, 0.1) is 9.39 Å². The lowest BCUT2D eigenvalue weighted by atomic mass is 10.2. The number of nitrogens with zero attached hydrogens (tertiary/aromatic N) is 2. The van der Waals surface area contributed by atoms with Crippen molar-refractivity contribution in [1.82, 2.24) is 15.5 Å². The second-order valence-electron chi connectivity index (χ2n) is 3.52. The van der Waals surface area contributed by atoms with Crippen LogP contribution in [0.3, 0.4) is 0 Å². The van der Waals surface area contributed by atoms with Gasteiger partial charge in [-0.15, -0.1) is 0 Å². The Balaban J connectivity index is 2.04. The van der Waals surface area contributed by atoms with E-state index < -0.39 is 0 Å². The zero-order chi connectivity index (χ0) is 13.0. The number of hydrogen-bond donors (Lipinski definition) is 1. The van der Waals surface area contributed by atoms with Crippen LogP contribution in [0.25, 0.3) is 0 Å². The van der Waals surface area contributed by atoms with E-state index in [9.17, 15) is 9.18 Å². The molecule has 1 heterocycles. The zero-order valence-corrected chi connectivity index (χ0v) is 11.4. The molecule has 1 aromatic carbocycles. The first-order chi connectivity index (χ1) is 8.66. The Morgan fingerprint density at radius 3 is 2.89 bits per heavy atom. The molecule has 0 unspecified atom stereocenters. The average Bonchev–Trinajstić information content (AvgIpc) is 2.37. The molecule has 0 radical (unpaired) electrons. The first-order valence-electron chi connectivity index (χ1n) is 5.16. The minimum atomic E-state index is -0.357. The number of benzene rings is 1. The van der Waals surface area contributed by atoms with E-state index in [1.54, 1.807) is 18.3 Å². The smallest absolute Gasteiger partial charge is 0.252 e. The second kappa shape index (κ2) is 5.85. The van der Waals surface area contributed by atoms with Crippen LogP contribution in [0.15, 0.2) is 36.5 Å². The molecule has 1 amide bonds. The summed E-state index contributed by atoms with van der Waals surface area (Å²) in [5, 5.41) is 10.3. The number of carbonyl (C=O) groups is 1. The molecule has 0 saturated carbocycles. The molecule has 2 rings (SSSR count). The normalized spacial score (nSPS) is 10.1. The van der Waals surface area contributed by atoms with Gasteiger partial charge in [0, 0.05) is 9.77 Å². The van der Waals surface area contributed by atoms with Gasteiger partial charge in [0.1, 0.15) is 5.82 Å². The second-order valence-corrected chi connectivity index (χ2v) is 4.68. The molecule has 1 aromatic heterocycles. The largest absolute Gasteiger partial charge is 0.346 e. The summed E-state index contributed by atoms with van der Waals surface area (Å²) in [6.45, 7) is 0.292. The fourth-order valence-electron chi connectivity index (χ4n) is 1.37. The van der Waals surface area contributed by atoms with E-state index in [-0.39, 0.29) is 11.7 Å². The van der Waals surface area contributed by atoms with Crippen LogP contribution >= 0.6 is 22.6 Å². The number of amides is 1. The van der Waals surface area contributed by atoms with Crippen LogP contribution < -0.4 is 5.32 Å². The summed E-state index contributed by atoms with van der Waals surface area (Å²) in [5.74, 6) is -0.616. The van der Waals surface area contributed by atoms with Crippen LogP contribution in [0.1, 0.15) is 16.1 Å². The van der Waals surface area contributed by atoms with Crippen LogP contribution in [0.2, 0.25) is 0 Å². The number of rotatable bonds is 3. The van der Waals surface area contributed by atoms with Crippen LogP contribution in [0.5, 0.6) is 0 Å². The molecule has 0 aliphatic rings. The van der Waals surface area contributed by atoms with Gasteiger partial charge in [0.25, 0.3) is 5.91 Å². The van der Waals surface area contributed by atoms with Crippen LogP contribution in [-0.2, 0) is 6.54 Å². The van der Waals surface area contributed by atoms with Gasteiger partial charge < -0.3 is 5.32 Å². The summed E-state index contributed by atoms with van der Waals surface area (Å²) in [5.41, 5.74) is 1.11. The standard InChI is InChI=1S/C12H9FIN3O/c13-8-3-4-10(11(14)6-8)12(18)15-7-9-2-1-5-16-17-9/h1-6H,7H2,(H,15,18). The lowest BCUT2D eigenvalue weighted by Gasteiger charge is -2.06. The summed E-state index contributed by atoms with van der Waals surface area (Å²) in [6.07, 6.45) is 1.56. The number of halogens is 2. The van der Waals surface area contributed by atoms with E-state index in [4.69, 9.17) is 0 Å². The molecular weight excluding hydrogens is 348 g/mol. The van der Waals surface area contributed by atoms with Crippen molar-refractivity contribution in [1.29, 1.82) is 0 Å². The Morgan fingerprint density at radius 1 is 1.39 bits per heavy atom. The third kappa shape index (κ3) is 3.22. The molecule has 18 heavy (non-hydrogen) atoms. The molecule has 6 heteroatoms. The lowest BCUT2D eigenvalue weighted by molar-refractivity contribution is 0.0949. The van der Waals surface area contributed by atoms with Gasteiger partial charge in [-0.3, -0.25) is 4.79 Å². The lowest BCUT2D eigenvalue weighted by Crippen LogP contribution is -2.24. The summed E-state index contributed by atoms with van der Waals surface area (Å²) < 4.78 is 13.5. The Kier molecular flexibility index (Phi) is 4.19. The van der Waals surface area contributed by atoms with E-state index in [2.05, 4.69) is 15.5 Å². The highest BCUT2D eigenvalue weighted by atomic mass is 127. The molecule has 2 aromatic rings. The molecule has 0 spiro atoms. The van der Waals surface area contributed by atoms with Gasteiger partial charge in [-0.25, -0.2) is 4.39 Å². The van der Waals surface area contributed by atoms with Gasteiger partial charge in [-0.1, -0.05) is 0 Å². The van der Waals surface area contributed by atoms with Gasteiger partial charge in [0.05, 0.1) is 17.8 Å². The molecule has 0 aliphatic heterocycles. The topological polar surface area (TPSA) is 54.9 Å². The molecule has 0 bridgehead atoms. The average molecular weight is 357 g/mol. The third-order valence-corrected chi connectivity index (χ3v) is 3.13. The molecule has 1 N–H and O–H groups in total. The Bertz CT molecular complexity index is 563. The molecule has 0 atom stereocenters. The van der Waals surface area contributed by atoms with Crippen molar-refractivity contribution >= 4 is 28.5 Å². The first-order valence-corrected chi connectivity index (χ1v) is 6.24. The van der Waals surface area contributed by atoms with Crippen LogP contribution in [-0.4, -0.2) is 16.1 Å². The summed E-state index contributed by atoms with van der Waals surface area (Å²) in [6, 6.07) is 7.55. The van der Waals surface area contributed by atoms with Crippen molar-refractivity contribution < 1.29 is 9.18 Å². The van der Waals surface area contributed by atoms with Gasteiger partial charge in [0.2, 0.25) is 0 Å². The minimum absolute atomic E-state index is 0.259. The van der Waals surface area contributed by atoms with Gasteiger partial charge in [0.15, 0.2) is 0 Å². The predicted molar refractivity (Wildman–Crippen MR) is 72.3 cm³/mol. The zero-order valence-electron chi connectivity index (χ0n) is 9.23. The van der Waals surface area contributed by atoms with Crippen LogP contribution in [0.4, 0.5) is 4.39 Å². The van der Waals surface area contributed by atoms with E-state index in [1.165, 1.54) is 18.2 Å². The SMILES string of the molecule is O=C(NCc1cccnn1)c1ccc(F)cc1I. The highest BCUT2D eigenvalue weighted by Gasteiger charge is 2.10. The fourth-order valence-corrected chi connectivity index (χ4v) is 2.09. The van der Waals surface area contributed by atoms with Crippen molar-refractivity contribution in [2.24, 2.45) is 0 Å². The van der Waals surface area contributed by atoms with E-state index >= 15 is 0 Å². The maximum Gasteiger partial charge on any atom is 0.252 e. The first kappa shape index (κ1) is 12.9. The molecule has 0 fully saturated rings. The summed E-state index contributed by atoms with van der Waals surface area (Å²) in [7, 11) is 0. The fraction of sp³-hybridized carbons (Fsp3) is 0.0833. The monoisotopic (exact) mass is 357 g/mol. The van der Waals surface area contributed by atoms with Gasteiger partial charge >= 0.3 is 0 Å². The van der Waals surface area contributed by atoms with Gasteiger partial charge in [-0.2, -0.15) is 10.2 Å². The summed E-state index contributed by atoms with van der Waals surface area (Å²) in [4.78, 5) is 11.9. The van der Waals surface area contributed by atoms with Crippen molar-refractivity contribution in [3.63, 3.8) is 0 Å². The highest BCUT2D eigenvalue weighted by Crippen LogP contribution is 2.13. The Labute approximate surface area is 117 Å². The number of hydrogen-bond acceptors (Lipinski definition) is 3. The molecule has 0 saturated heterocycles. The predicted octanol–water partition coefficient (Wildman–Crippen LogP) is 2.15.